The first-order valence-electron chi connectivity index (χ1n) is 7.66. The molecule has 1 amide bonds. The molecule has 116 valence electrons. The van der Waals surface area contributed by atoms with E-state index in [0.717, 1.165) is 36.0 Å². The molecule has 1 aromatic heterocycles. The van der Waals surface area contributed by atoms with Gasteiger partial charge in [0.15, 0.2) is 5.58 Å². The molecule has 1 heterocycles. The minimum absolute atomic E-state index is 0.112. The van der Waals surface area contributed by atoms with Gasteiger partial charge in [0.05, 0.1) is 0 Å². The van der Waals surface area contributed by atoms with Crippen LogP contribution < -0.4 is 5.32 Å². The molecule has 4 nitrogen and oxygen atoms in total. The molecule has 0 spiro atoms. The summed E-state index contributed by atoms with van der Waals surface area (Å²) >= 11 is 5.96. The van der Waals surface area contributed by atoms with Crippen molar-refractivity contribution in [2.75, 3.05) is 5.32 Å². The van der Waals surface area contributed by atoms with Gasteiger partial charge in [0.1, 0.15) is 5.52 Å². The maximum atomic E-state index is 11.9. The Bertz CT molecular complexity index is 866. The van der Waals surface area contributed by atoms with Crippen LogP contribution in [0, 0.1) is 5.92 Å². The quantitative estimate of drug-likeness (QED) is 0.745. The topological polar surface area (TPSA) is 55.1 Å². The lowest BCUT2D eigenvalue weighted by atomic mass is 9.85. The summed E-state index contributed by atoms with van der Waals surface area (Å²) in [5, 5.41) is 3.58. The summed E-state index contributed by atoms with van der Waals surface area (Å²) in [5.74, 6) is 0.830. The van der Waals surface area contributed by atoms with E-state index < -0.39 is 0 Å². The Morgan fingerprint density at radius 3 is 2.65 bits per heavy atom. The molecule has 1 fully saturated rings. The van der Waals surface area contributed by atoms with Crippen LogP contribution in [0.3, 0.4) is 0 Å². The highest BCUT2D eigenvalue weighted by Gasteiger charge is 2.25. The molecule has 0 atom stereocenters. The molecule has 1 aliphatic rings. The highest BCUT2D eigenvalue weighted by atomic mass is 35.5. The van der Waals surface area contributed by atoms with E-state index in [4.69, 9.17) is 16.0 Å². The van der Waals surface area contributed by atoms with Crippen molar-refractivity contribution in [2.45, 2.75) is 19.3 Å². The van der Waals surface area contributed by atoms with E-state index in [0.29, 0.717) is 16.5 Å². The molecular weight excluding hydrogens is 312 g/mol. The maximum absolute atomic E-state index is 11.9. The number of aromatic nitrogens is 1. The summed E-state index contributed by atoms with van der Waals surface area (Å²) in [5.41, 5.74) is 3.09. The number of nitrogens with zero attached hydrogens (tertiary/aromatic N) is 1. The predicted molar refractivity (Wildman–Crippen MR) is 90.4 cm³/mol. The number of nitrogens with one attached hydrogen (secondary N) is 1. The third kappa shape index (κ3) is 2.82. The number of hydrogen-bond donors (Lipinski definition) is 1. The van der Waals surface area contributed by atoms with Gasteiger partial charge in [-0.05, 0) is 55.3 Å². The lowest BCUT2D eigenvalue weighted by molar-refractivity contribution is -0.122. The van der Waals surface area contributed by atoms with Gasteiger partial charge in [0.25, 0.3) is 0 Å². The molecule has 5 heteroatoms. The van der Waals surface area contributed by atoms with Gasteiger partial charge in [0, 0.05) is 22.2 Å². The van der Waals surface area contributed by atoms with E-state index in [1.165, 1.54) is 0 Å². The number of carbonyl (C=O) groups is 1. The first-order valence-corrected chi connectivity index (χ1v) is 8.04. The van der Waals surface area contributed by atoms with Crippen molar-refractivity contribution in [1.82, 2.24) is 4.98 Å². The Balaban J connectivity index is 1.55. The van der Waals surface area contributed by atoms with Crippen molar-refractivity contribution in [2.24, 2.45) is 5.92 Å². The van der Waals surface area contributed by atoms with Gasteiger partial charge < -0.3 is 9.73 Å². The number of halogens is 1. The lowest BCUT2D eigenvalue weighted by Gasteiger charge is -2.24. The number of hydrogen-bond acceptors (Lipinski definition) is 3. The molecule has 1 saturated carbocycles. The Kier molecular flexibility index (Phi) is 3.54. The molecule has 1 aliphatic carbocycles. The van der Waals surface area contributed by atoms with E-state index in [9.17, 15) is 4.79 Å². The molecule has 0 radical (unpaired) electrons. The van der Waals surface area contributed by atoms with E-state index in [-0.39, 0.29) is 11.8 Å². The SMILES string of the molecule is O=C(Nc1ccc(-c2nc3cc(Cl)ccc3o2)cc1)C1CCC1. The lowest BCUT2D eigenvalue weighted by Crippen LogP contribution is -2.27. The van der Waals surface area contributed by atoms with E-state index in [2.05, 4.69) is 10.3 Å². The standard InChI is InChI=1S/C18H15ClN2O2/c19-13-6-9-16-15(10-13)21-18(23-16)12-4-7-14(8-5-12)20-17(22)11-2-1-3-11/h4-11H,1-3H2,(H,20,22). The van der Waals surface area contributed by atoms with Crippen molar-refractivity contribution in [3.8, 4) is 11.5 Å². The monoisotopic (exact) mass is 326 g/mol. The largest absolute Gasteiger partial charge is 0.436 e. The van der Waals surface area contributed by atoms with E-state index >= 15 is 0 Å². The number of amides is 1. The minimum atomic E-state index is 0.112. The van der Waals surface area contributed by atoms with Gasteiger partial charge in [-0.15, -0.1) is 0 Å². The number of oxazole rings is 1. The zero-order valence-electron chi connectivity index (χ0n) is 12.4. The molecule has 0 bridgehead atoms. The average molecular weight is 327 g/mol. The van der Waals surface area contributed by atoms with Crippen molar-refractivity contribution in [1.29, 1.82) is 0 Å². The first-order chi connectivity index (χ1) is 11.2. The van der Waals surface area contributed by atoms with Gasteiger partial charge in [-0.2, -0.15) is 0 Å². The van der Waals surface area contributed by atoms with Crippen LogP contribution >= 0.6 is 11.6 Å². The molecule has 4 rings (SSSR count). The van der Waals surface area contributed by atoms with E-state index in [1.807, 2.05) is 24.3 Å². The Labute approximate surface area is 138 Å². The van der Waals surface area contributed by atoms with Crippen LogP contribution in [0.1, 0.15) is 19.3 Å². The van der Waals surface area contributed by atoms with Gasteiger partial charge in [-0.1, -0.05) is 18.0 Å². The summed E-state index contributed by atoms with van der Waals surface area (Å²) in [6.45, 7) is 0. The van der Waals surface area contributed by atoms with Gasteiger partial charge in [0.2, 0.25) is 11.8 Å². The summed E-state index contributed by atoms with van der Waals surface area (Å²) < 4.78 is 5.74. The Morgan fingerprint density at radius 1 is 1.17 bits per heavy atom. The number of carbonyl (C=O) groups excluding carboxylic acids is 1. The number of benzene rings is 2. The van der Waals surface area contributed by atoms with Crippen LogP contribution in [0.25, 0.3) is 22.6 Å². The normalized spacial score (nSPS) is 14.7. The van der Waals surface area contributed by atoms with Crippen LogP contribution in [0.15, 0.2) is 46.9 Å². The summed E-state index contributed by atoms with van der Waals surface area (Å²) in [4.78, 5) is 16.4. The number of anilines is 1. The number of fused-ring (bicyclic) bond motifs is 1. The molecule has 1 N–H and O–H groups in total. The van der Waals surface area contributed by atoms with Crippen LogP contribution in [-0.2, 0) is 4.79 Å². The maximum Gasteiger partial charge on any atom is 0.227 e. The highest BCUT2D eigenvalue weighted by Crippen LogP contribution is 2.29. The van der Waals surface area contributed by atoms with Crippen molar-refractivity contribution >= 4 is 34.3 Å². The first kappa shape index (κ1) is 14.3. The molecule has 3 aromatic rings. The summed E-state index contributed by atoms with van der Waals surface area (Å²) in [6.07, 6.45) is 3.14. The van der Waals surface area contributed by atoms with Crippen LogP contribution in [-0.4, -0.2) is 10.9 Å². The van der Waals surface area contributed by atoms with Gasteiger partial charge in [-0.25, -0.2) is 4.98 Å². The summed E-state index contributed by atoms with van der Waals surface area (Å²) in [7, 11) is 0. The van der Waals surface area contributed by atoms with Crippen molar-refractivity contribution in [3.05, 3.63) is 47.5 Å². The fourth-order valence-corrected chi connectivity index (χ4v) is 2.80. The average Bonchev–Trinajstić information content (AvgIpc) is 2.89. The zero-order chi connectivity index (χ0) is 15.8. The molecule has 0 aliphatic heterocycles. The zero-order valence-corrected chi connectivity index (χ0v) is 13.1. The third-order valence-electron chi connectivity index (χ3n) is 4.22. The highest BCUT2D eigenvalue weighted by molar-refractivity contribution is 6.31. The van der Waals surface area contributed by atoms with Gasteiger partial charge >= 0.3 is 0 Å². The second kappa shape index (κ2) is 5.70. The fourth-order valence-electron chi connectivity index (χ4n) is 2.63. The molecule has 23 heavy (non-hydrogen) atoms. The van der Waals surface area contributed by atoms with Crippen molar-refractivity contribution in [3.63, 3.8) is 0 Å². The smallest absolute Gasteiger partial charge is 0.227 e. The Morgan fingerprint density at radius 2 is 1.96 bits per heavy atom. The van der Waals surface area contributed by atoms with Crippen LogP contribution in [0.4, 0.5) is 5.69 Å². The predicted octanol–water partition coefficient (Wildman–Crippen LogP) is 4.89. The second-order valence-electron chi connectivity index (χ2n) is 5.83. The molecular formula is C18H15ClN2O2. The van der Waals surface area contributed by atoms with E-state index in [1.54, 1.807) is 18.2 Å². The van der Waals surface area contributed by atoms with Crippen LogP contribution in [0.5, 0.6) is 0 Å². The molecule has 0 unspecified atom stereocenters. The van der Waals surface area contributed by atoms with Crippen LogP contribution in [0.2, 0.25) is 5.02 Å². The fraction of sp³-hybridized carbons (Fsp3) is 0.222. The third-order valence-corrected chi connectivity index (χ3v) is 4.46. The second-order valence-corrected chi connectivity index (χ2v) is 6.26. The number of rotatable bonds is 3. The van der Waals surface area contributed by atoms with Crippen molar-refractivity contribution < 1.29 is 9.21 Å². The molecule has 0 saturated heterocycles. The molecule has 2 aromatic carbocycles. The van der Waals surface area contributed by atoms with Gasteiger partial charge in [-0.3, -0.25) is 4.79 Å². The summed E-state index contributed by atoms with van der Waals surface area (Å²) in [6, 6.07) is 12.9. The Hall–Kier alpha value is -2.33. The minimum Gasteiger partial charge on any atom is -0.436 e.